The molecule has 22 heavy (non-hydrogen) atoms. The van der Waals surface area contributed by atoms with Crippen LogP contribution >= 0.6 is 67.8 Å². The predicted octanol–water partition coefficient (Wildman–Crippen LogP) is 4.07. The number of carbonyl (C=O) groups excluding carboxylic acids is 1. The average molecular weight is 635 g/mol. The second kappa shape index (κ2) is 8.11. The molecule has 7 heteroatoms. The normalized spacial score (nSPS) is 12.0. The Bertz CT molecular complexity index is 683. The van der Waals surface area contributed by atoms with Crippen molar-refractivity contribution in [2.45, 2.75) is 12.5 Å². The topological polar surface area (TPSA) is 72.6 Å². The lowest BCUT2D eigenvalue weighted by Crippen LogP contribution is -2.24. The second-order valence-electron chi connectivity index (χ2n) is 4.61. The van der Waals surface area contributed by atoms with Crippen molar-refractivity contribution in [2.75, 3.05) is 0 Å². The van der Waals surface area contributed by atoms with Gasteiger partial charge in [-0.15, -0.1) is 0 Å². The van der Waals surface area contributed by atoms with Gasteiger partial charge in [0, 0.05) is 0 Å². The molecule has 0 amide bonds. The van der Waals surface area contributed by atoms with Gasteiger partial charge in [0.05, 0.1) is 16.8 Å². The van der Waals surface area contributed by atoms with Crippen molar-refractivity contribution in [1.29, 1.82) is 0 Å². The summed E-state index contributed by atoms with van der Waals surface area (Å²) in [5.41, 5.74) is 6.67. The molecule has 0 aliphatic carbocycles. The highest BCUT2D eigenvalue weighted by atomic mass is 127. The first-order valence-electron chi connectivity index (χ1n) is 6.26. The molecule has 4 nitrogen and oxygen atoms in total. The van der Waals surface area contributed by atoms with Crippen molar-refractivity contribution in [3.8, 4) is 17.2 Å². The van der Waals surface area contributed by atoms with E-state index in [-0.39, 0.29) is 5.75 Å². The molecule has 1 unspecified atom stereocenters. The van der Waals surface area contributed by atoms with Gasteiger partial charge in [-0.25, -0.2) is 0 Å². The molecular formula is C15H12I3NO3. The van der Waals surface area contributed by atoms with Crippen LogP contribution in [-0.4, -0.2) is 17.4 Å². The van der Waals surface area contributed by atoms with Crippen LogP contribution in [0, 0.1) is 10.7 Å². The number of hydrogen-bond acceptors (Lipinski definition) is 4. The zero-order valence-electron chi connectivity index (χ0n) is 11.2. The molecule has 0 fully saturated rings. The molecule has 0 saturated carbocycles. The molecule has 2 rings (SSSR count). The lowest BCUT2D eigenvalue weighted by atomic mass is 10.1. The number of hydrogen-bond donors (Lipinski definition) is 2. The van der Waals surface area contributed by atoms with E-state index in [4.69, 9.17) is 10.5 Å². The molecule has 0 radical (unpaired) electrons. The molecular weight excluding hydrogens is 623 g/mol. The maximum atomic E-state index is 10.7. The van der Waals surface area contributed by atoms with Gasteiger partial charge < -0.3 is 20.4 Å². The lowest BCUT2D eigenvalue weighted by molar-refractivity contribution is -0.108. The van der Waals surface area contributed by atoms with E-state index < -0.39 is 6.04 Å². The van der Waals surface area contributed by atoms with Gasteiger partial charge in [-0.1, -0.05) is 0 Å². The maximum absolute atomic E-state index is 10.7. The average Bonchev–Trinajstić information content (AvgIpc) is 2.46. The number of ether oxygens (including phenoxy) is 1. The van der Waals surface area contributed by atoms with Gasteiger partial charge in [-0.05, 0) is 110 Å². The summed E-state index contributed by atoms with van der Waals surface area (Å²) in [4.78, 5) is 10.7. The Balaban J connectivity index is 2.27. The minimum Gasteiger partial charge on any atom is -0.507 e. The number of phenolic OH excluding ortho intramolecular Hbond substituents is 1. The van der Waals surface area contributed by atoms with E-state index in [1.54, 1.807) is 18.2 Å². The van der Waals surface area contributed by atoms with Gasteiger partial charge >= 0.3 is 0 Å². The van der Waals surface area contributed by atoms with Crippen LogP contribution in [0.5, 0.6) is 17.2 Å². The second-order valence-corrected chi connectivity index (χ2v) is 8.09. The minimum absolute atomic E-state index is 0.232. The van der Waals surface area contributed by atoms with Crippen molar-refractivity contribution in [2.24, 2.45) is 5.73 Å². The van der Waals surface area contributed by atoms with E-state index in [1.165, 1.54) is 0 Å². The van der Waals surface area contributed by atoms with Crippen LogP contribution in [0.25, 0.3) is 0 Å². The summed E-state index contributed by atoms with van der Waals surface area (Å²) in [6.45, 7) is 0. The molecule has 0 spiro atoms. The SMILES string of the molecule is NC(C=O)Cc1cc(I)c(Oc2ccc(O)c(I)c2)c(I)c1. The summed E-state index contributed by atoms with van der Waals surface area (Å²) in [7, 11) is 0. The highest BCUT2D eigenvalue weighted by Gasteiger charge is 2.12. The highest BCUT2D eigenvalue weighted by molar-refractivity contribution is 14.1. The summed E-state index contributed by atoms with van der Waals surface area (Å²) in [5, 5.41) is 9.56. The molecule has 1 atom stereocenters. The summed E-state index contributed by atoms with van der Waals surface area (Å²) in [6.07, 6.45) is 1.26. The molecule has 3 N–H and O–H groups in total. The zero-order valence-corrected chi connectivity index (χ0v) is 17.7. The summed E-state index contributed by atoms with van der Waals surface area (Å²) >= 11 is 6.46. The van der Waals surface area contributed by atoms with Crippen molar-refractivity contribution in [3.63, 3.8) is 0 Å². The van der Waals surface area contributed by atoms with Gasteiger partial charge in [0.25, 0.3) is 0 Å². The van der Waals surface area contributed by atoms with Crippen molar-refractivity contribution in [3.05, 3.63) is 46.6 Å². The highest BCUT2D eigenvalue weighted by Crippen LogP contribution is 2.34. The Morgan fingerprint density at radius 2 is 1.77 bits per heavy atom. The molecule has 0 aromatic heterocycles. The molecule has 2 aromatic rings. The maximum Gasteiger partial charge on any atom is 0.154 e. The molecule has 0 bridgehead atoms. The Morgan fingerprint density at radius 1 is 1.14 bits per heavy atom. The van der Waals surface area contributed by atoms with Crippen LogP contribution in [0.1, 0.15) is 5.56 Å². The van der Waals surface area contributed by atoms with E-state index in [9.17, 15) is 9.90 Å². The fourth-order valence-electron chi connectivity index (χ4n) is 1.82. The van der Waals surface area contributed by atoms with Crippen molar-refractivity contribution in [1.82, 2.24) is 0 Å². The first kappa shape index (κ1) is 18.2. The quantitative estimate of drug-likeness (QED) is 0.385. The number of carbonyl (C=O) groups is 1. The fraction of sp³-hybridized carbons (Fsp3) is 0.133. The lowest BCUT2D eigenvalue weighted by Gasteiger charge is -2.13. The van der Waals surface area contributed by atoms with Gasteiger partial charge in [-0.2, -0.15) is 0 Å². The standard InChI is InChI=1S/C15H12I3NO3/c16-11-6-10(1-2-14(11)21)22-15-12(17)4-8(5-13(15)18)3-9(19)7-20/h1-2,4-7,9,21H,3,19H2. The van der Waals surface area contributed by atoms with Crippen molar-refractivity contribution < 1.29 is 14.6 Å². The van der Waals surface area contributed by atoms with Crippen LogP contribution in [-0.2, 0) is 11.2 Å². The van der Waals surface area contributed by atoms with Crippen LogP contribution in [0.2, 0.25) is 0 Å². The molecule has 0 aliphatic heterocycles. The summed E-state index contributed by atoms with van der Waals surface area (Å²) < 4.78 is 8.55. The number of benzene rings is 2. The Hall–Kier alpha value is -0.140. The van der Waals surface area contributed by atoms with E-state index in [0.29, 0.717) is 12.2 Å². The van der Waals surface area contributed by atoms with Crippen LogP contribution in [0.15, 0.2) is 30.3 Å². The Labute approximate surface area is 169 Å². The number of rotatable bonds is 5. The fourth-order valence-corrected chi connectivity index (χ4v) is 4.42. The molecule has 2 aromatic carbocycles. The molecule has 0 saturated heterocycles. The minimum atomic E-state index is -0.489. The Morgan fingerprint density at radius 3 is 2.32 bits per heavy atom. The monoisotopic (exact) mass is 635 g/mol. The van der Waals surface area contributed by atoms with Crippen LogP contribution in [0.3, 0.4) is 0 Å². The number of phenols is 1. The number of aromatic hydroxyl groups is 1. The van der Waals surface area contributed by atoms with Gasteiger partial charge in [-0.3, -0.25) is 0 Å². The van der Waals surface area contributed by atoms with Gasteiger partial charge in [0.1, 0.15) is 17.8 Å². The van der Waals surface area contributed by atoms with E-state index >= 15 is 0 Å². The number of halogens is 3. The first-order valence-corrected chi connectivity index (χ1v) is 9.49. The number of aldehydes is 1. The van der Waals surface area contributed by atoms with E-state index in [1.807, 2.05) is 12.1 Å². The molecule has 0 heterocycles. The molecule has 0 aliphatic rings. The predicted molar refractivity (Wildman–Crippen MR) is 111 cm³/mol. The third-order valence-corrected chi connectivity index (χ3v) is 5.31. The summed E-state index contributed by atoms with van der Waals surface area (Å²) in [6, 6.07) is 8.54. The summed E-state index contributed by atoms with van der Waals surface area (Å²) in [5.74, 6) is 1.65. The third kappa shape index (κ3) is 4.68. The van der Waals surface area contributed by atoms with Gasteiger partial charge in [0.15, 0.2) is 5.75 Å². The molecule has 116 valence electrons. The van der Waals surface area contributed by atoms with Crippen LogP contribution in [0.4, 0.5) is 0 Å². The Kier molecular flexibility index (Phi) is 6.71. The number of nitrogens with two attached hydrogens (primary N) is 1. The van der Waals surface area contributed by atoms with E-state index in [0.717, 1.165) is 28.3 Å². The van der Waals surface area contributed by atoms with Crippen molar-refractivity contribution >= 4 is 74.1 Å². The van der Waals surface area contributed by atoms with Crippen LogP contribution < -0.4 is 10.5 Å². The zero-order chi connectivity index (χ0) is 16.3. The largest absolute Gasteiger partial charge is 0.507 e. The van der Waals surface area contributed by atoms with Gasteiger partial charge in [0.2, 0.25) is 0 Å². The smallest absolute Gasteiger partial charge is 0.154 e. The third-order valence-electron chi connectivity index (χ3n) is 2.84. The van der Waals surface area contributed by atoms with E-state index in [2.05, 4.69) is 67.8 Å². The first-order chi connectivity index (χ1) is 10.4.